The number of anilines is 2. The van der Waals surface area contributed by atoms with Crippen LogP contribution >= 0.6 is 0 Å². The summed E-state index contributed by atoms with van der Waals surface area (Å²) in [6.45, 7) is 2.00. The van der Waals surface area contributed by atoms with Gasteiger partial charge in [-0.15, -0.1) is 0 Å². The fraction of sp³-hybridized carbons (Fsp3) is 0.0714. The lowest BCUT2D eigenvalue weighted by molar-refractivity contribution is 0.833. The molecule has 2 aromatic heterocycles. The molecule has 0 aliphatic rings. The van der Waals surface area contributed by atoms with E-state index in [-0.39, 0.29) is 22.9 Å². The van der Waals surface area contributed by atoms with Crippen molar-refractivity contribution < 1.29 is 0 Å². The van der Waals surface area contributed by atoms with Crippen molar-refractivity contribution in [3.8, 4) is 29.0 Å². The van der Waals surface area contributed by atoms with Gasteiger partial charge < -0.3 is 11.5 Å². The van der Waals surface area contributed by atoms with Gasteiger partial charge in [0.1, 0.15) is 23.3 Å². The van der Waals surface area contributed by atoms with E-state index in [4.69, 9.17) is 27.0 Å². The maximum atomic E-state index is 13.5. The molecule has 0 amide bonds. The molecule has 4 N–H and O–H groups in total. The van der Waals surface area contributed by atoms with E-state index >= 15 is 0 Å². The van der Waals surface area contributed by atoms with Crippen molar-refractivity contribution in [2.75, 3.05) is 11.5 Å². The SMILES string of the molecule is CCc1nc2cccc(-c3ccc(C#N)cc3)c2c(=O)n1-c1ccccc1.N#Cc1cnc(N)nc1N. The molecule has 2 heterocycles. The van der Waals surface area contributed by atoms with Gasteiger partial charge in [0, 0.05) is 6.42 Å². The number of hydrogen-bond donors (Lipinski definition) is 2. The van der Waals surface area contributed by atoms with E-state index in [0.29, 0.717) is 22.9 Å². The Morgan fingerprint density at radius 2 is 1.62 bits per heavy atom. The summed E-state index contributed by atoms with van der Waals surface area (Å²) < 4.78 is 1.69. The number of benzene rings is 3. The zero-order valence-corrected chi connectivity index (χ0v) is 20.0. The molecule has 5 aromatic rings. The summed E-state index contributed by atoms with van der Waals surface area (Å²) in [6.07, 6.45) is 1.94. The molecule has 9 heteroatoms. The van der Waals surface area contributed by atoms with Crippen molar-refractivity contribution in [3.63, 3.8) is 0 Å². The predicted molar refractivity (Wildman–Crippen MR) is 142 cm³/mol. The molecular formula is C28H22N8O. The molecule has 37 heavy (non-hydrogen) atoms. The molecule has 0 unspecified atom stereocenters. The third-order valence-electron chi connectivity index (χ3n) is 5.58. The van der Waals surface area contributed by atoms with Crippen LogP contribution < -0.4 is 17.0 Å². The van der Waals surface area contributed by atoms with Gasteiger partial charge in [-0.25, -0.2) is 9.97 Å². The maximum Gasteiger partial charge on any atom is 0.266 e. The van der Waals surface area contributed by atoms with Gasteiger partial charge in [-0.3, -0.25) is 9.36 Å². The van der Waals surface area contributed by atoms with E-state index in [2.05, 4.69) is 16.0 Å². The van der Waals surface area contributed by atoms with Gasteiger partial charge in [-0.2, -0.15) is 15.5 Å². The summed E-state index contributed by atoms with van der Waals surface area (Å²) in [5, 5.41) is 18.0. The minimum absolute atomic E-state index is 0.0801. The zero-order chi connectivity index (χ0) is 26.4. The van der Waals surface area contributed by atoms with E-state index in [0.717, 1.165) is 22.6 Å². The normalized spacial score (nSPS) is 10.1. The van der Waals surface area contributed by atoms with Crippen molar-refractivity contribution >= 4 is 22.7 Å². The summed E-state index contributed by atoms with van der Waals surface area (Å²) in [4.78, 5) is 25.4. The number of nitrogens with zero attached hydrogens (tertiary/aromatic N) is 6. The fourth-order valence-corrected chi connectivity index (χ4v) is 3.82. The Labute approximate surface area is 212 Å². The number of rotatable bonds is 3. The number of nitrogen functional groups attached to an aromatic ring is 2. The number of nitriles is 2. The van der Waals surface area contributed by atoms with Crippen LogP contribution in [0.15, 0.2) is 83.8 Å². The Hall–Kier alpha value is -5.54. The van der Waals surface area contributed by atoms with Gasteiger partial charge in [0.05, 0.1) is 34.4 Å². The molecular weight excluding hydrogens is 464 g/mol. The molecule has 5 rings (SSSR count). The topological polar surface area (TPSA) is 160 Å². The van der Waals surface area contributed by atoms with Crippen molar-refractivity contribution in [1.82, 2.24) is 19.5 Å². The molecule has 0 aliphatic heterocycles. The molecule has 0 aliphatic carbocycles. The lowest BCUT2D eigenvalue weighted by Gasteiger charge is -2.14. The number of hydrogen-bond acceptors (Lipinski definition) is 8. The van der Waals surface area contributed by atoms with Gasteiger partial charge in [0.2, 0.25) is 5.95 Å². The lowest BCUT2D eigenvalue weighted by Crippen LogP contribution is -2.24. The molecule has 0 spiro atoms. The summed E-state index contributed by atoms with van der Waals surface area (Å²) in [5.41, 5.74) is 14.4. The molecule has 0 radical (unpaired) electrons. The van der Waals surface area contributed by atoms with E-state index in [9.17, 15) is 4.79 Å². The van der Waals surface area contributed by atoms with Crippen LogP contribution in [0.3, 0.4) is 0 Å². The second-order valence-corrected chi connectivity index (χ2v) is 7.89. The highest BCUT2D eigenvalue weighted by atomic mass is 16.1. The molecule has 0 saturated carbocycles. The number of aromatic nitrogens is 4. The van der Waals surface area contributed by atoms with Gasteiger partial charge in [0.15, 0.2) is 0 Å². The van der Waals surface area contributed by atoms with Crippen molar-refractivity contribution in [3.05, 3.63) is 106 Å². The summed E-state index contributed by atoms with van der Waals surface area (Å²) in [7, 11) is 0. The van der Waals surface area contributed by atoms with Gasteiger partial charge in [-0.05, 0) is 41.5 Å². The summed E-state index contributed by atoms with van der Waals surface area (Å²) in [5.74, 6) is 0.933. The van der Waals surface area contributed by atoms with E-state index in [1.54, 1.807) is 16.7 Å². The third kappa shape index (κ3) is 5.11. The highest BCUT2D eigenvalue weighted by molar-refractivity contribution is 5.94. The summed E-state index contributed by atoms with van der Waals surface area (Å²) in [6, 6.07) is 26.5. The third-order valence-corrected chi connectivity index (χ3v) is 5.58. The number of aryl methyl sites for hydroxylation is 1. The van der Waals surface area contributed by atoms with Crippen LogP contribution in [0, 0.1) is 22.7 Å². The van der Waals surface area contributed by atoms with Crippen LogP contribution in [0.25, 0.3) is 27.7 Å². The van der Waals surface area contributed by atoms with Crippen LogP contribution in [-0.4, -0.2) is 19.5 Å². The predicted octanol–water partition coefficient (Wildman–Crippen LogP) is 4.00. The monoisotopic (exact) mass is 486 g/mol. The summed E-state index contributed by atoms with van der Waals surface area (Å²) >= 11 is 0. The first-order valence-corrected chi connectivity index (χ1v) is 11.4. The highest BCUT2D eigenvalue weighted by Gasteiger charge is 2.15. The Bertz CT molecular complexity index is 1710. The Morgan fingerprint density at radius 3 is 2.24 bits per heavy atom. The quantitative estimate of drug-likeness (QED) is 0.387. The van der Waals surface area contributed by atoms with Crippen molar-refractivity contribution in [2.45, 2.75) is 13.3 Å². The van der Waals surface area contributed by atoms with Crippen LogP contribution in [0.4, 0.5) is 11.8 Å². The largest absolute Gasteiger partial charge is 0.382 e. The molecule has 9 nitrogen and oxygen atoms in total. The molecule has 0 atom stereocenters. The fourth-order valence-electron chi connectivity index (χ4n) is 3.82. The van der Waals surface area contributed by atoms with Crippen molar-refractivity contribution in [1.29, 1.82) is 10.5 Å². The second kappa shape index (κ2) is 10.8. The molecule has 0 saturated heterocycles. The maximum absolute atomic E-state index is 13.5. The van der Waals surface area contributed by atoms with Crippen LogP contribution in [0.5, 0.6) is 0 Å². The minimum Gasteiger partial charge on any atom is -0.382 e. The zero-order valence-electron chi connectivity index (χ0n) is 20.0. The van der Waals surface area contributed by atoms with E-state index < -0.39 is 0 Å². The number of fused-ring (bicyclic) bond motifs is 1. The van der Waals surface area contributed by atoms with E-state index in [1.165, 1.54) is 6.20 Å². The first-order chi connectivity index (χ1) is 18.0. The molecule has 0 bridgehead atoms. The molecule has 180 valence electrons. The molecule has 3 aromatic carbocycles. The van der Waals surface area contributed by atoms with Crippen LogP contribution in [0.2, 0.25) is 0 Å². The minimum atomic E-state index is -0.0805. The second-order valence-electron chi connectivity index (χ2n) is 7.89. The smallest absolute Gasteiger partial charge is 0.266 e. The lowest BCUT2D eigenvalue weighted by atomic mass is 10.00. The first kappa shape index (κ1) is 24.6. The van der Waals surface area contributed by atoms with Crippen LogP contribution in [0.1, 0.15) is 23.9 Å². The van der Waals surface area contributed by atoms with Gasteiger partial charge in [-0.1, -0.05) is 49.4 Å². The highest BCUT2D eigenvalue weighted by Crippen LogP contribution is 2.27. The Balaban J connectivity index is 0.000000270. The average molecular weight is 487 g/mol. The molecule has 0 fully saturated rings. The van der Waals surface area contributed by atoms with Gasteiger partial charge >= 0.3 is 0 Å². The standard InChI is InChI=1S/C23H17N3O.C5H5N5/c1-2-21-25-20-10-6-9-19(17-13-11-16(15-24)12-14-17)22(20)23(27)26(21)18-7-4-3-5-8-18;6-1-3-2-9-5(8)10-4(3)7/h3-14H,2H2,1H3;2H,(H4,7,8,9,10). The van der Waals surface area contributed by atoms with Crippen molar-refractivity contribution in [2.24, 2.45) is 0 Å². The number of para-hydroxylation sites is 1. The average Bonchev–Trinajstić information content (AvgIpc) is 2.93. The Kier molecular flexibility index (Phi) is 7.18. The number of nitrogens with two attached hydrogens (primary N) is 2. The Morgan fingerprint density at radius 1 is 0.892 bits per heavy atom. The van der Waals surface area contributed by atoms with Crippen LogP contribution in [-0.2, 0) is 6.42 Å². The van der Waals surface area contributed by atoms with E-state index in [1.807, 2.05) is 73.7 Å². The van der Waals surface area contributed by atoms with Gasteiger partial charge in [0.25, 0.3) is 5.56 Å². The first-order valence-electron chi connectivity index (χ1n) is 11.4.